The molecule has 0 fully saturated rings. The number of thiophene rings is 1. The molecule has 1 N–H and O–H groups in total. The molecule has 1 aromatic rings. The largest absolute Gasteiger partial charge is 0.309 e. The van der Waals surface area contributed by atoms with Crippen LogP contribution in [-0.4, -0.2) is 6.54 Å². The third-order valence-electron chi connectivity index (χ3n) is 2.34. The van der Waals surface area contributed by atoms with Gasteiger partial charge in [0.2, 0.25) is 0 Å². The van der Waals surface area contributed by atoms with E-state index in [-0.39, 0.29) is 5.41 Å². The molecule has 15 heavy (non-hydrogen) atoms. The van der Waals surface area contributed by atoms with Crippen molar-refractivity contribution in [1.29, 1.82) is 0 Å². The molecule has 0 saturated heterocycles. The summed E-state index contributed by atoms with van der Waals surface area (Å²) in [5, 5.41) is 5.78. The van der Waals surface area contributed by atoms with Crippen molar-refractivity contribution in [3.05, 3.63) is 20.8 Å². The van der Waals surface area contributed by atoms with E-state index >= 15 is 0 Å². The summed E-state index contributed by atoms with van der Waals surface area (Å²) in [6, 6.07) is 2.68. The van der Waals surface area contributed by atoms with Crippen molar-refractivity contribution in [2.24, 2.45) is 5.41 Å². The van der Waals surface area contributed by atoms with Crippen LogP contribution in [-0.2, 0) is 0 Å². The van der Waals surface area contributed by atoms with E-state index in [9.17, 15) is 0 Å². The number of hydrogen-bond donors (Lipinski definition) is 1. The topological polar surface area (TPSA) is 12.0 Å². The second kappa shape index (κ2) is 5.46. The molecule has 1 aromatic heterocycles. The molecule has 1 atom stereocenters. The molecule has 0 spiro atoms. The lowest BCUT2D eigenvalue weighted by Crippen LogP contribution is -2.32. The molecule has 0 saturated carbocycles. The van der Waals surface area contributed by atoms with E-state index in [0.29, 0.717) is 6.04 Å². The summed E-state index contributed by atoms with van der Waals surface area (Å²) in [7, 11) is 0. The Hall–Kier alpha value is 0.140. The highest BCUT2D eigenvalue weighted by molar-refractivity contribution is 9.10. The third kappa shape index (κ3) is 3.89. The fraction of sp³-hybridized carbons (Fsp3) is 0.667. The van der Waals surface area contributed by atoms with Crippen LogP contribution < -0.4 is 5.32 Å². The highest BCUT2D eigenvalue weighted by Crippen LogP contribution is 2.37. The number of halogens is 1. The maximum Gasteiger partial charge on any atom is 0.0464 e. The Labute approximate surface area is 105 Å². The van der Waals surface area contributed by atoms with Crippen molar-refractivity contribution in [2.45, 2.75) is 40.2 Å². The Morgan fingerprint density at radius 3 is 2.53 bits per heavy atom. The van der Waals surface area contributed by atoms with E-state index in [1.807, 2.05) is 11.3 Å². The number of nitrogens with one attached hydrogen (secondary N) is 1. The molecule has 86 valence electrons. The van der Waals surface area contributed by atoms with E-state index in [1.165, 1.54) is 15.8 Å². The van der Waals surface area contributed by atoms with Crippen LogP contribution >= 0.6 is 27.3 Å². The van der Waals surface area contributed by atoms with Gasteiger partial charge in [-0.3, -0.25) is 0 Å². The second-order valence-electron chi connectivity index (χ2n) is 4.92. The van der Waals surface area contributed by atoms with Gasteiger partial charge in [-0.1, -0.05) is 27.7 Å². The molecule has 0 aliphatic heterocycles. The lowest BCUT2D eigenvalue weighted by molar-refractivity contribution is 0.277. The highest BCUT2D eigenvalue weighted by Gasteiger charge is 2.26. The maximum absolute atomic E-state index is 3.63. The van der Waals surface area contributed by atoms with Crippen molar-refractivity contribution in [3.8, 4) is 0 Å². The fourth-order valence-electron chi connectivity index (χ4n) is 1.60. The van der Waals surface area contributed by atoms with Gasteiger partial charge in [0, 0.05) is 20.8 Å². The molecule has 1 nitrogen and oxygen atoms in total. The first-order chi connectivity index (χ1) is 6.95. The van der Waals surface area contributed by atoms with E-state index in [4.69, 9.17) is 0 Å². The van der Waals surface area contributed by atoms with Gasteiger partial charge in [-0.25, -0.2) is 0 Å². The summed E-state index contributed by atoms with van der Waals surface area (Å²) >= 11 is 5.34. The van der Waals surface area contributed by atoms with Gasteiger partial charge < -0.3 is 5.32 Å². The number of rotatable bonds is 4. The SMILES string of the molecule is CCCNC(c1cc(Br)cs1)C(C)(C)C. The average Bonchev–Trinajstić information content (AvgIpc) is 2.50. The average molecular weight is 290 g/mol. The van der Waals surface area contributed by atoms with Crippen molar-refractivity contribution < 1.29 is 0 Å². The Kier molecular flexibility index (Phi) is 4.81. The molecular formula is C12H20BrNS. The van der Waals surface area contributed by atoms with E-state index < -0.39 is 0 Å². The van der Waals surface area contributed by atoms with Crippen LogP contribution in [0.4, 0.5) is 0 Å². The van der Waals surface area contributed by atoms with Crippen LogP contribution in [0.15, 0.2) is 15.9 Å². The zero-order valence-electron chi connectivity index (χ0n) is 9.93. The van der Waals surface area contributed by atoms with Crippen LogP contribution in [0, 0.1) is 5.41 Å². The summed E-state index contributed by atoms with van der Waals surface area (Å²) < 4.78 is 1.19. The molecule has 0 amide bonds. The van der Waals surface area contributed by atoms with Crippen LogP contribution in [0.2, 0.25) is 0 Å². The Morgan fingerprint density at radius 2 is 2.13 bits per heavy atom. The predicted molar refractivity (Wildman–Crippen MR) is 72.5 cm³/mol. The number of hydrogen-bond acceptors (Lipinski definition) is 2. The summed E-state index contributed by atoms with van der Waals surface area (Å²) in [5.74, 6) is 0. The summed E-state index contributed by atoms with van der Waals surface area (Å²) in [5.41, 5.74) is 0.263. The van der Waals surface area contributed by atoms with E-state index in [2.05, 4.69) is 60.4 Å². The van der Waals surface area contributed by atoms with Gasteiger partial charge in [-0.05, 0) is 40.4 Å². The van der Waals surface area contributed by atoms with Crippen LogP contribution in [0.1, 0.15) is 45.0 Å². The molecule has 0 radical (unpaired) electrons. The van der Waals surface area contributed by atoms with Gasteiger partial charge in [0.25, 0.3) is 0 Å². The van der Waals surface area contributed by atoms with Crippen molar-refractivity contribution in [3.63, 3.8) is 0 Å². The third-order valence-corrected chi connectivity index (χ3v) is 4.10. The maximum atomic E-state index is 3.63. The minimum Gasteiger partial charge on any atom is -0.309 e. The first-order valence-corrected chi connectivity index (χ1v) is 7.09. The minimum absolute atomic E-state index is 0.263. The minimum atomic E-state index is 0.263. The molecular weight excluding hydrogens is 270 g/mol. The van der Waals surface area contributed by atoms with Gasteiger partial charge in [0.1, 0.15) is 0 Å². The molecule has 0 aliphatic carbocycles. The predicted octanol–water partition coefficient (Wildman–Crippen LogP) is 4.60. The molecule has 0 aliphatic rings. The second-order valence-corrected chi connectivity index (χ2v) is 6.78. The van der Waals surface area contributed by atoms with Crippen LogP contribution in [0.3, 0.4) is 0 Å². The lowest BCUT2D eigenvalue weighted by atomic mass is 9.86. The van der Waals surface area contributed by atoms with Gasteiger partial charge in [-0.2, -0.15) is 0 Å². The van der Waals surface area contributed by atoms with Gasteiger partial charge >= 0.3 is 0 Å². The Balaban J connectivity index is 2.81. The normalized spacial score (nSPS) is 14.2. The molecule has 3 heteroatoms. The quantitative estimate of drug-likeness (QED) is 0.854. The summed E-state index contributed by atoms with van der Waals surface area (Å²) in [6.45, 7) is 10.1. The Morgan fingerprint density at radius 1 is 1.47 bits per heavy atom. The monoisotopic (exact) mass is 289 g/mol. The highest BCUT2D eigenvalue weighted by atomic mass is 79.9. The zero-order chi connectivity index (χ0) is 11.5. The molecule has 0 aromatic carbocycles. The van der Waals surface area contributed by atoms with E-state index in [0.717, 1.165) is 6.54 Å². The molecule has 1 heterocycles. The van der Waals surface area contributed by atoms with Gasteiger partial charge in [-0.15, -0.1) is 11.3 Å². The van der Waals surface area contributed by atoms with Gasteiger partial charge in [0.15, 0.2) is 0 Å². The molecule has 1 rings (SSSR count). The fourth-order valence-corrected chi connectivity index (χ4v) is 3.37. The van der Waals surface area contributed by atoms with Crippen LogP contribution in [0.5, 0.6) is 0 Å². The van der Waals surface area contributed by atoms with Gasteiger partial charge in [0.05, 0.1) is 0 Å². The molecule has 0 bridgehead atoms. The summed E-state index contributed by atoms with van der Waals surface area (Å²) in [6.07, 6.45) is 1.18. The first kappa shape index (κ1) is 13.2. The van der Waals surface area contributed by atoms with Crippen molar-refractivity contribution >= 4 is 27.3 Å². The smallest absolute Gasteiger partial charge is 0.0464 e. The summed E-state index contributed by atoms with van der Waals surface area (Å²) in [4.78, 5) is 1.42. The van der Waals surface area contributed by atoms with Crippen molar-refractivity contribution in [1.82, 2.24) is 5.32 Å². The Bertz CT molecular complexity index is 301. The lowest BCUT2D eigenvalue weighted by Gasteiger charge is -2.30. The molecule has 1 unspecified atom stereocenters. The van der Waals surface area contributed by atoms with Crippen molar-refractivity contribution in [2.75, 3.05) is 6.54 Å². The van der Waals surface area contributed by atoms with Crippen LogP contribution in [0.25, 0.3) is 0 Å². The standard InChI is InChI=1S/C12H20BrNS/c1-5-6-14-11(12(2,3)4)10-7-9(13)8-15-10/h7-8,11,14H,5-6H2,1-4H3. The zero-order valence-corrected chi connectivity index (χ0v) is 12.3. The first-order valence-electron chi connectivity index (χ1n) is 5.42. The van der Waals surface area contributed by atoms with E-state index in [1.54, 1.807) is 0 Å².